The Bertz CT molecular complexity index is 492. The van der Waals surface area contributed by atoms with Crippen molar-refractivity contribution in [2.75, 3.05) is 7.05 Å². The Morgan fingerprint density at radius 2 is 2.05 bits per heavy atom. The summed E-state index contributed by atoms with van der Waals surface area (Å²) in [6.07, 6.45) is 0.517. The molecule has 0 bridgehead atoms. The lowest BCUT2D eigenvalue weighted by Crippen LogP contribution is -2.47. The predicted molar refractivity (Wildman–Crippen MR) is 78.1 cm³/mol. The summed E-state index contributed by atoms with van der Waals surface area (Å²) in [7, 11) is 1.63. The number of hydrogen-bond donors (Lipinski definition) is 1. The van der Waals surface area contributed by atoms with Gasteiger partial charge in [0.15, 0.2) is 0 Å². The quantitative estimate of drug-likeness (QED) is 0.844. The summed E-state index contributed by atoms with van der Waals surface area (Å²) in [5.41, 5.74) is 5.25. The molecule has 1 atom stereocenters. The molecule has 0 aliphatic heterocycles. The van der Waals surface area contributed by atoms with Crippen molar-refractivity contribution in [1.29, 1.82) is 0 Å². The van der Waals surface area contributed by atoms with Crippen LogP contribution in [-0.2, 0) is 11.3 Å². The molecular formula is C14H19FN2OS. The van der Waals surface area contributed by atoms with Crippen molar-refractivity contribution < 1.29 is 9.18 Å². The maximum absolute atomic E-state index is 13.6. The number of nitrogens with zero attached hydrogens (tertiary/aromatic N) is 1. The van der Waals surface area contributed by atoms with Gasteiger partial charge < -0.3 is 10.6 Å². The topological polar surface area (TPSA) is 46.3 Å². The van der Waals surface area contributed by atoms with E-state index in [4.69, 9.17) is 18.0 Å². The van der Waals surface area contributed by atoms with Crippen molar-refractivity contribution in [1.82, 2.24) is 4.90 Å². The Hall–Kier alpha value is -1.49. The normalized spacial score (nSPS) is 13.7. The molecule has 3 nitrogen and oxygen atoms in total. The van der Waals surface area contributed by atoms with Gasteiger partial charge in [-0.2, -0.15) is 0 Å². The zero-order chi connectivity index (χ0) is 14.6. The molecule has 5 heteroatoms. The molecular weight excluding hydrogens is 263 g/mol. The Morgan fingerprint density at radius 1 is 1.47 bits per heavy atom. The molecule has 0 aliphatic carbocycles. The summed E-state index contributed by atoms with van der Waals surface area (Å²) in [5.74, 6) is -0.513. The van der Waals surface area contributed by atoms with Crippen molar-refractivity contribution in [3.05, 3.63) is 35.6 Å². The average molecular weight is 282 g/mol. The number of halogens is 1. The monoisotopic (exact) mass is 282 g/mol. The number of carbonyl (C=O) groups is 1. The molecule has 0 spiro atoms. The first-order chi connectivity index (χ1) is 8.82. The van der Waals surface area contributed by atoms with E-state index in [2.05, 4.69) is 0 Å². The van der Waals surface area contributed by atoms with Crippen LogP contribution in [0, 0.1) is 11.2 Å². The Labute approximate surface area is 118 Å². The van der Waals surface area contributed by atoms with Gasteiger partial charge in [-0.15, -0.1) is 0 Å². The second-order valence-corrected chi connectivity index (χ2v) is 5.24. The number of hydrogen-bond acceptors (Lipinski definition) is 2. The van der Waals surface area contributed by atoms with E-state index in [0.29, 0.717) is 12.0 Å². The van der Waals surface area contributed by atoms with E-state index in [0.717, 1.165) is 0 Å². The maximum atomic E-state index is 13.6. The highest BCUT2D eigenvalue weighted by molar-refractivity contribution is 7.80. The van der Waals surface area contributed by atoms with Gasteiger partial charge in [-0.3, -0.25) is 4.79 Å². The van der Waals surface area contributed by atoms with Crippen LogP contribution in [0.1, 0.15) is 25.8 Å². The number of thiocarbonyl (C=S) groups is 1. The van der Waals surface area contributed by atoms with Crippen LogP contribution in [0.15, 0.2) is 24.3 Å². The number of carbonyl (C=O) groups excluding carboxylic acids is 1. The smallest absolute Gasteiger partial charge is 0.235 e. The summed E-state index contributed by atoms with van der Waals surface area (Å²) in [5, 5.41) is 0. The van der Waals surface area contributed by atoms with Crippen molar-refractivity contribution in [2.24, 2.45) is 11.1 Å². The fourth-order valence-corrected chi connectivity index (χ4v) is 2.04. The summed E-state index contributed by atoms with van der Waals surface area (Å²) < 4.78 is 13.6. The maximum Gasteiger partial charge on any atom is 0.235 e. The minimum absolute atomic E-state index is 0.167. The van der Waals surface area contributed by atoms with Gasteiger partial charge in [0, 0.05) is 19.2 Å². The Kier molecular flexibility index (Phi) is 5.00. The molecule has 1 aromatic rings. The zero-order valence-corrected chi connectivity index (χ0v) is 12.3. The second-order valence-electron chi connectivity index (χ2n) is 4.80. The highest BCUT2D eigenvalue weighted by Crippen LogP contribution is 2.25. The fourth-order valence-electron chi connectivity index (χ4n) is 1.81. The summed E-state index contributed by atoms with van der Waals surface area (Å²) in [6.45, 7) is 3.77. The third-order valence-corrected chi connectivity index (χ3v) is 3.89. The molecule has 0 saturated heterocycles. The average Bonchev–Trinajstić information content (AvgIpc) is 2.39. The van der Waals surface area contributed by atoms with Crippen LogP contribution >= 0.6 is 12.2 Å². The van der Waals surface area contributed by atoms with E-state index in [-0.39, 0.29) is 23.3 Å². The van der Waals surface area contributed by atoms with Crippen LogP contribution in [0.5, 0.6) is 0 Å². The molecule has 1 unspecified atom stereocenters. The van der Waals surface area contributed by atoms with E-state index in [1.165, 1.54) is 11.0 Å². The predicted octanol–water partition coefficient (Wildman–Crippen LogP) is 2.49. The zero-order valence-electron chi connectivity index (χ0n) is 11.4. The van der Waals surface area contributed by atoms with Crippen LogP contribution < -0.4 is 5.73 Å². The SMILES string of the molecule is CCC(C)(C(=O)N(C)Cc1ccccc1F)C(N)=S. The molecule has 0 saturated carbocycles. The highest BCUT2D eigenvalue weighted by atomic mass is 32.1. The first-order valence-electron chi connectivity index (χ1n) is 6.11. The van der Waals surface area contributed by atoms with Gasteiger partial charge in [0.1, 0.15) is 5.82 Å². The van der Waals surface area contributed by atoms with Crippen molar-refractivity contribution in [3.8, 4) is 0 Å². The molecule has 19 heavy (non-hydrogen) atoms. The van der Waals surface area contributed by atoms with Crippen LogP contribution in [0.3, 0.4) is 0 Å². The standard InChI is InChI=1S/C14H19FN2OS/c1-4-14(2,12(16)19)13(18)17(3)9-10-7-5-6-8-11(10)15/h5-8H,4,9H2,1-3H3,(H2,16,19). The molecule has 1 rings (SSSR count). The van der Waals surface area contributed by atoms with Gasteiger partial charge in [0.2, 0.25) is 5.91 Å². The van der Waals surface area contributed by atoms with Crippen LogP contribution in [0.2, 0.25) is 0 Å². The van der Waals surface area contributed by atoms with Gasteiger partial charge in [0.05, 0.1) is 10.4 Å². The Morgan fingerprint density at radius 3 is 2.53 bits per heavy atom. The lowest BCUT2D eigenvalue weighted by Gasteiger charge is -2.31. The fraction of sp³-hybridized carbons (Fsp3) is 0.429. The third kappa shape index (κ3) is 3.29. The highest BCUT2D eigenvalue weighted by Gasteiger charge is 2.36. The number of benzene rings is 1. The van der Waals surface area contributed by atoms with Gasteiger partial charge >= 0.3 is 0 Å². The van der Waals surface area contributed by atoms with Crippen LogP contribution in [0.25, 0.3) is 0 Å². The molecule has 104 valence electrons. The minimum Gasteiger partial charge on any atom is -0.392 e. The molecule has 1 amide bonds. The van der Waals surface area contributed by atoms with Crippen LogP contribution in [0.4, 0.5) is 4.39 Å². The number of amides is 1. The number of rotatable bonds is 5. The minimum atomic E-state index is -0.880. The first-order valence-corrected chi connectivity index (χ1v) is 6.52. The molecule has 0 aromatic heterocycles. The number of nitrogens with two attached hydrogens (primary N) is 1. The van der Waals surface area contributed by atoms with E-state index < -0.39 is 5.41 Å². The van der Waals surface area contributed by atoms with Crippen LogP contribution in [-0.4, -0.2) is 22.8 Å². The van der Waals surface area contributed by atoms with Gasteiger partial charge in [-0.1, -0.05) is 37.3 Å². The van der Waals surface area contributed by atoms with Gasteiger partial charge in [-0.25, -0.2) is 4.39 Å². The molecule has 0 heterocycles. The summed E-state index contributed by atoms with van der Waals surface area (Å²) >= 11 is 4.97. The van der Waals surface area contributed by atoms with E-state index in [9.17, 15) is 9.18 Å². The molecule has 0 fully saturated rings. The van der Waals surface area contributed by atoms with E-state index >= 15 is 0 Å². The second kappa shape index (κ2) is 6.10. The van der Waals surface area contributed by atoms with E-state index in [1.807, 2.05) is 6.92 Å². The molecule has 2 N–H and O–H groups in total. The Balaban J connectivity index is 2.90. The lowest BCUT2D eigenvalue weighted by molar-refractivity contribution is -0.137. The van der Waals surface area contributed by atoms with Crippen molar-refractivity contribution >= 4 is 23.1 Å². The van der Waals surface area contributed by atoms with Crippen molar-refractivity contribution in [2.45, 2.75) is 26.8 Å². The molecule has 1 aromatic carbocycles. The van der Waals surface area contributed by atoms with E-state index in [1.54, 1.807) is 32.2 Å². The van der Waals surface area contributed by atoms with Gasteiger partial charge in [0.25, 0.3) is 0 Å². The molecule has 0 aliphatic rings. The summed E-state index contributed by atoms with van der Waals surface area (Å²) in [4.78, 5) is 14.0. The first kappa shape index (κ1) is 15.6. The summed E-state index contributed by atoms with van der Waals surface area (Å²) in [6, 6.07) is 6.39. The largest absolute Gasteiger partial charge is 0.392 e. The van der Waals surface area contributed by atoms with Crippen molar-refractivity contribution in [3.63, 3.8) is 0 Å². The third-order valence-electron chi connectivity index (χ3n) is 3.44. The van der Waals surface area contributed by atoms with Gasteiger partial charge in [-0.05, 0) is 19.4 Å². The molecule has 0 radical (unpaired) electrons. The lowest BCUT2D eigenvalue weighted by atomic mass is 9.86.